The Hall–Kier alpha value is -2.82. The number of rotatable bonds is 8. The fraction of sp³-hybridized carbons (Fsp3) is 0.333. The standard InChI is InChI=1S/C21H25NO4/c1-15(2)17-9-11-18(12-10-17)26-14-20(23)22-19(21(24)25-3)13-16-7-5-4-6-8-16/h4-12,15,19H,13-14H2,1-3H3,(H,22,23). The summed E-state index contributed by atoms with van der Waals surface area (Å²) < 4.78 is 10.3. The first kappa shape index (κ1) is 19.5. The molecule has 1 amide bonds. The molecule has 1 unspecified atom stereocenters. The van der Waals surface area contributed by atoms with E-state index in [9.17, 15) is 9.59 Å². The van der Waals surface area contributed by atoms with E-state index in [0.29, 0.717) is 18.1 Å². The second kappa shape index (κ2) is 9.61. The number of carbonyl (C=O) groups excluding carboxylic acids is 2. The van der Waals surface area contributed by atoms with Crippen molar-refractivity contribution < 1.29 is 19.1 Å². The summed E-state index contributed by atoms with van der Waals surface area (Å²) in [5.74, 6) is 0.195. The zero-order valence-corrected chi connectivity index (χ0v) is 15.4. The van der Waals surface area contributed by atoms with Gasteiger partial charge in [-0.2, -0.15) is 0 Å². The number of ether oxygens (including phenoxy) is 2. The minimum atomic E-state index is -0.748. The Balaban J connectivity index is 1.91. The Morgan fingerprint density at radius 3 is 2.23 bits per heavy atom. The molecule has 5 heteroatoms. The van der Waals surface area contributed by atoms with Gasteiger partial charge < -0.3 is 14.8 Å². The van der Waals surface area contributed by atoms with E-state index in [2.05, 4.69) is 19.2 Å². The summed E-state index contributed by atoms with van der Waals surface area (Å²) in [6.45, 7) is 4.06. The molecule has 0 aliphatic rings. The highest BCUT2D eigenvalue weighted by Gasteiger charge is 2.22. The first-order chi connectivity index (χ1) is 12.5. The lowest BCUT2D eigenvalue weighted by molar-refractivity contribution is -0.145. The van der Waals surface area contributed by atoms with Gasteiger partial charge >= 0.3 is 5.97 Å². The largest absolute Gasteiger partial charge is 0.484 e. The van der Waals surface area contributed by atoms with Crippen molar-refractivity contribution in [1.82, 2.24) is 5.32 Å². The number of amides is 1. The predicted molar refractivity (Wildman–Crippen MR) is 100 cm³/mol. The minimum Gasteiger partial charge on any atom is -0.484 e. The monoisotopic (exact) mass is 355 g/mol. The van der Waals surface area contributed by atoms with Crippen LogP contribution in [0.1, 0.15) is 30.9 Å². The Bertz CT molecular complexity index is 711. The minimum absolute atomic E-state index is 0.163. The molecule has 0 bridgehead atoms. The van der Waals surface area contributed by atoms with Crippen LogP contribution in [0, 0.1) is 0 Å². The number of nitrogens with one attached hydrogen (secondary N) is 1. The molecule has 0 aliphatic heterocycles. The summed E-state index contributed by atoms with van der Waals surface area (Å²) >= 11 is 0. The van der Waals surface area contributed by atoms with Crippen LogP contribution in [0.25, 0.3) is 0 Å². The first-order valence-corrected chi connectivity index (χ1v) is 8.63. The zero-order chi connectivity index (χ0) is 18.9. The number of carbonyl (C=O) groups is 2. The van der Waals surface area contributed by atoms with E-state index in [-0.39, 0.29) is 12.5 Å². The molecule has 2 aromatic carbocycles. The van der Waals surface area contributed by atoms with Crippen molar-refractivity contribution >= 4 is 11.9 Å². The Morgan fingerprint density at radius 1 is 1.00 bits per heavy atom. The molecule has 0 radical (unpaired) electrons. The van der Waals surface area contributed by atoms with Gasteiger partial charge in [-0.3, -0.25) is 4.79 Å². The SMILES string of the molecule is COC(=O)C(Cc1ccccc1)NC(=O)COc1ccc(C(C)C)cc1. The summed E-state index contributed by atoms with van der Waals surface area (Å²) in [6.07, 6.45) is 0.363. The summed E-state index contributed by atoms with van der Waals surface area (Å²) in [6, 6.07) is 16.3. The van der Waals surface area contributed by atoms with Gasteiger partial charge in [-0.25, -0.2) is 4.79 Å². The van der Waals surface area contributed by atoms with Crippen LogP contribution in [0.3, 0.4) is 0 Å². The van der Waals surface area contributed by atoms with Gasteiger partial charge in [0.25, 0.3) is 5.91 Å². The molecule has 2 rings (SSSR count). The normalized spacial score (nSPS) is 11.7. The van der Waals surface area contributed by atoms with Crippen molar-refractivity contribution in [3.63, 3.8) is 0 Å². The van der Waals surface area contributed by atoms with Crippen molar-refractivity contribution in [3.8, 4) is 5.75 Å². The summed E-state index contributed by atoms with van der Waals surface area (Å²) in [4.78, 5) is 24.1. The summed E-state index contributed by atoms with van der Waals surface area (Å²) in [5, 5.41) is 2.68. The van der Waals surface area contributed by atoms with E-state index < -0.39 is 12.0 Å². The van der Waals surface area contributed by atoms with Gasteiger partial charge in [0.1, 0.15) is 11.8 Å². The van der Waals surface area contributed by atoms with Gasteiger partial charge in [0, 0.05) is 6.42 Å². The highest BCUT2D eigenvalue weighted by molar-refractivity contribution is 5.85. The molecule has 2 aromatic rings. The highest BCUT2D eigenvalue weighted by atomic mass is 16.5. The Labute approximate surface area is 154 Å². The molecule has 1 atom stereocenters. The molecular weight excluding hydrogens is 330 g/mol. The molecule has 0 fully saturated rings. The second-order valence-electron chi connectivity index (χ2n) is 6.35. The summed E-state index contributed by atoms with van der Waals surface area (Å²) in [5.41, 5.74) is 2.14. The maximum absolute atomic E-state index is 12.2. The molecule has 0 aliphatic carbocycles. The van der Waals surface area contributed by atoms with E-state index in [1.165, 1.54) is 12.7 Å². The average molecular weight is 355 g/mol. The van der Waals surface area contributed by atoms with Crippen LogP contribution in [-0.4, -0.2) is 31.6 Å². The second-order valence-corrected chi connectivity index (χ2v) is 6.35. The quantitative estimate of drug-likeness (QED) is 0.739. The molecule has 1 N–H and O–H groups in total. The van der Waals surface area contributed by atoms with Crippen molar-refractivity contribution in [3.05, 3.63) is 65.7 Å². The lowest BCUT2D eigenvalue weighted by Gasteiger charge is -2.17. The van der Waals surface area contributed by atoms with Crippen LogP contribution in [0.5, 0.6) is 5.75 Å². The van der Waals surface area contributed by atoms with Gasteiger partial charge in [-0.15, -0.1) is 0 Å². The van der Waals surface area contributed by atoms with Crippen LogP contribution in [0.4, 0.5) is 0 Å². The van der Waals surface area contributed by atoms with Crippen LogP contribution < -0.4 is 10.1 Å². The van der Waals surface area contributed by atoms with Gasteiger partial charge in [-0.1, -0.05) is 56.3 Å². The van der Waals surface area contributed by atoms with Gasteiger partial charge in [0.15, 0.2) is 6.61 Å². The molecular formula is C21H25NO4. The Kier molecular flexibility index (Phi) is 7.21. The lowest BCUT2D eigenvalue weighted by Crippen LogP contribution is -2.44. The van der Waals surface area contributed by atoms with Gasteiger partial charge in [-0.05, 0) is 29.2 Å². The highest BCUT2D eigenvalue weighted by Crippen LogP contribution is 2.18. The van der Waals surface area contributed by atoms with Gasteiger partial charge in [0.2, 0.25) is 0 Å². The van der Waals surface area contributed by atoms with Gasteiger partial charge in [0.05, 0.1) is 7.11 Å². The molecule has 0 aromatic heterocycles. The molecule has 5 nitrogen and oxygen atoms in total. The molecule has 138 valence electrons. The maximum Gasteiger partial charge on any atom is 0.328 e. The number of methoxy groups -OCH3 is 1. The third-order valence-corrected chi connectivity index (χ3v) is 4.02. The van der Waals surface area contributed by atoms with E-state index in [1.54, 1.807) is 0 Å². The smallest absolute Gasteiger partial charge is 0.328 e. The lowest BCUT2D eigenvalue weighted by atomic mass is 10.0. The van der Waals surface area contributed by atoms with Crippen LogP contribution in [-0.2, 0) is 20.7 Å². The number of benzene rings is 2. The molecule has 26 heavy (non-hydrogen) atoms. The third kappa shape index (κ3) is 5.92. The first-order valence-electron chi connectivity index (χ1n) is 8.63. The van der Waals surface area contributed by atoms with E-state index >= 15 is 0 Å². The maximum atomic E-state index is 12.2. The van der Waals surface area contributed by atoms with Crippen molar-refractivity contribution in [2.75, 3.05) is 13.7 Å². The van der Waals surface area contributed by atoms with Crippen molar-refractivity contribution in [1.29, 1.82) is 0 Å². The van der Waals surface area contributed by atoms with Crippen molar-refractivity contribution in [2.45, 2.75) is 32.2 Å². The molecule has 0 heterocycles. The van der Waals surface area contributed by atoms with Crippen LogP contribution >= 0.6 is 0 Å². The predicted octanol–water partition coefficient (Wildman–Crippen LogP) is 3.09. The summed E-state index contributed by atoms with van der Waals surface area (Å²) in [7, 11) is 1.30. The van der Waals surface area contributed by atoms with Crippen molar-refractivity contribution in [2.24, 2.45) is 0 Å². The molecule has 0 saturated heterocycles. The average Bonchev–Trinajstić information content (AvgIpc) is 2.66. The zero-order valence-electron chi connectivity index (χ0n) is 15.4. The fourth-order valence-corrected chi connectivity index (χ4v) is 2.52. The Morgan fingerprint density at radius 2 is 1.65 bits per heavy atom. The van der Waals surface area contributed by atoms with Crippen LogP contribution in [0.2, 0.25) is 0 Å². The topological polar surface area (TPSA) is 64.6 Å². The number of esters is 1. The van der Waals surface area contributed by atoms with E-state index in [1.807, 2.05) is 54.6 Å². The number of hydrogen-bond donors (Lipinski definition) is 1. The fourth-order valence-electron chi connectivity index (χ4n) is 2.52. The van der Waals surface area contributed by atoms with E-state index in [4.69, 9.17) is 9.47 Å². The van der Waals surface area contributed by atoms with E-state index in [0.717, 1.165) is 5.56 Å². The third-order valence-electron chi connectivity index (χ3n) is 4.02. The molecule has 0 spiro atoms. The molecule has 0 saturated carbocycles. The van der Waals surface area contributed by atoms with Crippen LogP contribution in [0.15, 0.2) is 54.6 Å². The number of hydrogen-bond acceptors (Lipinski definition) is 4.